The average Bonchev–Trinajstić information content (AvgIpc) is 2.77. The Bertz CT molecular complexity index is 619. The number of hydrogen-bond acceptors (Lipinski definition) is 3. The summed E-state index contributed by atoms with van der Waals surface area (Å²) in [5, 5.41) is 9.14. The van der Waals surface area contributed by atoms with Gasteiger partial charge in [-0.3, -0.25) is 0 Å². The van der Waals surface area contributed by atoms with Gasteiger partial charge in [0.25, 0.3) is 0 Å². The van der Waals surface area contributed by atoms with E-state index >= 15 is 0 Å². The number of aromatic nitrogens is 1. The second-order valence-electron chi connectivity index (χ2n) is 4.29. The monoisotopic (exact) mass is 371 g/mol. The molecule has 0 aliphatic heterocycles. The van der Waals surface area contributed by atoms with Gasteiger partial charge in [0.1, 0.15) is 0 Å². The molecule has 19 heavy (non-hydrogen) atoms. The predicted molar refractivity (Wildman–Crippen MR) is 80.3 cm³/mol. The Kier molecular flexibility index (Phi) is 4.24. The Labute approximate surface area is 125 Å². The third-order valence-corrected chi connectivity index (χ3v) is 4.23. The van der Waals surface area contributed by atoms with Crippen LogP contribution in [0.2, 0.25) is 0 Å². The fraction of sp³-hybridized carbons (Fsp3) is 0.286. The molecule has 0 saturated carbocycles. The zero-order valence-corrected chi connectivity index (χ0v) is 12.9. The molecule has 5 heteroatoms. The van der Waals surface area contributed by atoms with Crippen LogP contribution in [0.5, 0.6) is 0 Å². The lowest BCUT2D eigenvalue weighted by atomic mass is 10.1. The van der Waals surface area contributed by atoms with Crippen LogP contribution in [0.1, 0.15) is 35.2 Å². The molecule has 0 unspecified atom stereocenters. The van der Waals surface area contributed by atoms with Crippen molar-refractivity contribution < 1.29 is 14.3 Å². The highest BCUT2D eigenvalue weighted by atomic mass is 127. The molecule has 1 heterocycles. The largest absolute Gasteiger partial charge is 0.475 e. The van der Waals surface area contributed by atoms with Crippen LogP contribution < -0.4 is 0 Å². The molecule has 0 saturated heterocycles. The number of carboxylic acids is 1. The summed E-state index contributed by atoms with van der Waals surface area (Å²) in [5.74, 6) is -0.729. The topological polar surface area (TPSA) is 63.3 Å². The van der Waals surface area contributed by atoms with E-state index in [2.05, 4.69) is 27.6 Å². The molecule has 1 N–H and O–H groups in total. The number of aryl methyl sites for hydroxylation is 2. The van der Waals surface area contributed by atoms with Crippen LogP contribution in [-0.2, 0) is 6.42 Å². The molecule has 0 fully saturated rings. The van der Waals surface area contributed by atoms with Crippen molar-refractivity contribution in [3.05, 3.63) is 38.8 Å². The Morgan fingerprint density at radius 3 is 2.84 bits per heavy atom. The second-order valence-corrected chi connectivity index (χ2v) is 5.37. The van der Waals surface area contributed by atoms with Gasteiger partial charge in [-0.2, -0.15) is 0 Å². The number of carbonyl (C=O) groups is 1. The lowest BCUT2D eigenvalue weighted by molar-refractivity contribution is 0.0661. The third kappa shape index (κ3) is 2.80. The van der Waals surface area contributed by atoms with E-state index in [9.17, 15) is 4.79 Å². The highest BCUT2D eigenvalue weighted by Crippen LogP contribution is 2.29. The molecule has 1 aromatic heterocycles. The van der Waals surface area contributed by atoms with E-state index in [1.807, 2.05) is 32.0 Å². The van der Waals surface area contributed by atoms with Crippen LogP contribution in [0.25, 0.3) is 11.5 Å². The Morgan fingerprint density at radius 2 is 2.21 bits per heavy atom. The smallest absolute Gasteiger partial charge is 0.373 e. The molecule has 0 atom stereocenters. The Balaban J connectivity index is 2.54. The summed E-state index contributed by atoms with van der Waals surface area (Å²) in [5.41, 5.74) is 2.47. The molecule has 0 aliphatic rings. The molecule has 4 nitrogen and oxygen atoms in total. The molecule has 0 amide bonds. The first-order valence-corrected chi connectivity index (χ1v) is 7.11. The lowest BCUT2D eigenvalue weighted by Crippen LogP contribution is -1.99. The van der Waals surface area contributed by atoms with Crippen molar-refractivity contribution in [2.24, 2.45) is 0 Å². The van der Waals surface area contributed by atoms with Gasteiger partial charge < -0.3 is 9.52 Å². The van der Waals surface area contributed by atoms with Crippen molar-refractivity contribution in [2.75, 3.05) is 0 Å². The van der Waals surface area contributed by atoms with E-state index in [0.29, 0.717) is 18.0 Å². The highest BCUT2D eigenvalue weighted by molar-refractivity contribution is 14.1. The van der Waals surface area contributed by atoms with Crippen LogP contribution >= 0.6 is 22.6 Å². The molecule has 0 bridgehead atoms. The first-order valence-electron chi connectivity index (χ1n) is 6.03. The Morgan fingerprint density at radius 1 is 1.47 bits per heavy atom. The van der Waals surface area contributed by atoms with Gasteiger partial charge in [-0.1, -0.05) is 25.5 Å². The maximum Gasteiger partial charge on any atom is 0.373 e. The number of nitrogens with zero attached hydrogens (tertiary/aromatic N) is 1. The molecule has 1 aromatic carbocycles. The maximum atomic E-state index is 11.2. The predicted octanol–water partition coefficient (Wildman–Crippen LogP) is 3.91. The molecule has 0 spiro atoms. The van der Waals surface area contributed by atoms with Gasteiger partial charge in [0.2, 0.25) is 11.7 Å². The van der Waals surface area contributed by atoms with Crippen LogP contribution in [-0.4, -0.2) is 16.1 Å². The van der Waals surface area contributed by atoms with Gasteiger partial charge in [0, 0.05) is 3.57 Å². The molecule has 2 aromatic rings. The number of hydrogen-bond donors (Lipinski definition) is 1. The molecular weight excluding hydrogens is 357 g/mol. The van der Waals surface area contributed by atoms with Crippen molar-refractivity contribution >= 4 is 28.6 Å². The number of carboxylic acid groups (broad SMARTS) is 1. The molecule has 2 rings (SSSR count). The van der Waals surface area contributed by atoms with Gasteiger partial charge in [0.15, 0.2) is 0 Å². The summed E-state index contributed by atoms with van der Waals surface area (Å²) in [6.07, 6.45) is 1.44. The van der Waals surface area contributed by atoms with Gasteiger partial charge in [-0.05, 0) is 47.6 Å². The average molecular weight is 371 g/mol. The van der Waals surface area contributed by atoms with Crippen molar-refractivity contribution in [1.82, 2.24) is 4.98 Å². The van der Waals surface area contributed by atoms with Crippen LogP contribution in [0.3, 0.4) is 0 Å². The summed E-state index contributed by atoms with van der Waals surface area (Å²) in [6.45, 7) is 3.98. The van der Waals surface area contributed by atoms with E-state index < -0.39 is 5.97 Å². The number of aromatic carboxylic acids is 1. The summed E-state index contributed by atoms with van der Waals surface area (Å²) in [6, 6.07) is 5.80. The van der Waals surface area contributed by atoms with Gasteiger partial charge >= 0.3 is 5.97 Å². The summed E-state index contributed by atoms with van der Waals surface area (Å²) >= 11 is 2.22. The Hall–Kier alpha value is -1.37. The molecule has 0 radical (unpaired) electrons. The first-order chi connectivity index (χ1) is 9.04. The quantitative estimate of drug-likeness (QED) is 0.828. The lowest BCUT2D eigenvalue weighted by Gasteiger charge is -2.02. The molecule has 0 aliphatic carbocycles. The second kappa shape index (κ2) is 5.73. The maximum absolute atomic E-state index is 11.2. The van der Waals surface area contributed by atoms with Crippen molar-refractivity contribution in [1.29, 1.82) is 0 Å². The first kappa shape index (κ1) is 14.0. The van der Waals surface area contributed by atoms with E-state index in [1.165, 1.54) is 0 Å². The number of rotatable bonds is 4. The van der Waals surface area contributed by atoms with E-state index in [4.69, 9.17) is 9.52 Å². The molecular formula is C14H14INO3. The van der Waals surface area contributed by atoms with Crippen LogP contribution in [0.4, 0.5) is 0 Å². The standard InChI is InChI=1S/C14H14INO3/c1-3-5-10-12(14(17)18)19-13(16-10)9-7-4-6-8(2)11(9)15/h4,6-7H,3,5H2,1-2H3,(H,17,18). The third-order valence-electron chi connectivity index (χ3n) is 2.80. The number of benzene rings is 1. The van der Waals surface area contributed by atoms with Crippen molar-refractivity contribution in [3.8, 4) is 11.5 Å². The molecule has 100 valence electrons. The minimum Gasteiger partial charge on any atom is -0.475 e. The minimum atomic E-state index is -1.06. The number of halogens is 1. The van der Waals surface area contributed by atoms with Gasteiger partial charge in [-0.15, -0.1) is 0 Å². The summed E-state index contributed by atoms with van der Waals surface area (Å²) < 4.78 is 6.46. The van der Waals surface area contributed by atoms with E-state index in [0.717, 1.165) is 21.1 Å². The zero-order valence-electron chi connectivity index (χ0n) is 10.7. The minimum absolute atomic E-state index is 0.0471. The van der Waals surface area contributed by atoms with Gasteiger partial charge in [-0.25, -0.2) is 9.78 Å². The van der Waals surface area contributed by atoms with E-state index in [-0.39, 0.29) is 5.76 Å². The van der Waals surface area contributed by atoms with Gasteiger partial charge in [0.05, 0.1) is 11.3 Å². The van der Waals surface area contributed by atoms with Crippen molar-refractivity contribution in [3.63, 3.8) is 0 Å². The fourth-order valence-corrected chi connectivity index (χ4v) is 2.44. The zero-order chi connectivity index (χ0) is 14.0. The van der Waals surface area contributed by atoms with Crippen molar-refractivity contribution in [2.45, 2.75) is 26.7 Å². The summed E-state index contributed by atoms with van der Waals surface area (Å²) in [4.78, 5) is 15.5. The number of oxazole rings is 1. The fourth-order valence-electron chi connectivity index (χ4n) is 1.85. The highest BCUT2D eigenvalue weighted by Gasteiger charge is 2.20. The normalized spacial score (nSPS) is 10.7. The SMILES string of the molecule is CCCc1nc(-c2cccc(C)c2I)oc1C(=O)O. The summed E-state index contributed by atoms with van der Waals surface area (Å²) in [7, 11) is 0. The van der Waals surface area contributed by atoms with Crippen LogP contribution in [0, 0.1) is 10.5 Å². The van der Waals surface area contributed by atoms with Crippen LogP contribution in [0.15, 0.2) is 22.6 Å². The van der Waals surface area contributed by atoms with E-state index in [1.54, 1.807) is 0 Å².